The number of aromatic nitrogens is 1. The molecule has 2 atom stereocenters. The molecule has 7 heteroatoms. The molecule has 0 radical (unpaired) electrons. The van der Waals surface area contributed by atoms with Gasteiger partial charge in [-0.15, -0.1) is 24.8 Å². The van der Waals surface area contributed by atoms with Gasteiger partial charge in [0.15, 0.2) is 0 Å². The summed E-state index contributed by atoms with van der Waals surface area (Å²) in [6.07, 6.45) is 7.55. The lowest BCUT2D eigenvalue weighted by Crippen LogP contribution is -2.43. The molecule has 0 spiro atoms. The lowest BCUT2D eigenvalue weighted by Gasteiger charge is -2.29. The Kier molecular flexibility index (Phi) is 6.72. The van der Waals surface area contributed by atoms with Gasteiger partial charge in [0.1, 0.15) is 5.82 Å². The number of rotatable bonds is 2. The zero-order valence-corrected chi connectivity index (χ0v) is 15.5. The molecule has 0 aliphatic carbocycles. The number of carbonyl (C=O) groups excluding carboxylic acids is 1. The van der Waals surface area contributed by atoms with Crippen LogP contribution in [0.4, 0.5) is 5.82 Å². The topological polar surface area (TPSA) is 48.5 Å². The van der Waals surface area contributed by atoms with Gasteiger partial charge in [0.2, 0.25) is 0 Å². The maximum Gasteiger partial charge on any atom is 0.258 e. The number of hydrogen-bond donors (Lipinski definition) is 1. The first-order valence-electron chi connectivity index (χ1n) is 8.58. The van der Waals surface area contributed by atoms with Crippen LogP contribution in [0.5, 0.6) is 0 Å². The summed E-state index contributed by atoms with van der Waals surface area (Å²) in [7, 11) is 0. The van der Waals surface area contributed by atoms with Crippen LogP contribution in [0.2, 0.25) is 0 Å². The minimum Gasteiger partial charge on any atom is -0.356 e. The van der Waals surface area contributed by atoms with Crippen LogP contribution in [0.3, 0.4) is 0 Å². The smallest absolute Gasteiger partial charge is 0.258 e. The van der Waals surface area contributed by atoms with Crippen LogP contribution in [0, 0.1) is 0 Å². The molecule has 3 aliphatic heterocycles. The number of fused-ring (bicyclic) bond motifs is 2. The predicted molar refractivity (Wildman–Crippen MR) is 101 cm³/mol. The Morgan fingerprint density at radius 1 is 1.12 bits per heavy atom. The summed E-state index contributed by atoms with van der Waals surface area (Å²) in [6, 6.07) is 4.61. The van der Waals surface area contributed by atoms with Gasteiger partial charge in [-0.3, -0.25) is 4.79 Å². The summed E-state index contributed by atoms with van der Waals surface area (Å²) in [5.74, 6) is 1.08. The van der Waals surface area contributed by atoms with Crippen molar-refractivity contribution in [2.75, 3.05) is 31.1 Å². The van der Waals surface area contributed by atoms with Gasteiger partial charge in [-0.05, 0) is 50.8 Å². The molecule has 1 amide bonds. The first-order valence-corrected chi connectivity index (χ1v) is 8.58. The molecule has 1 N–H and O–H groups in total. The molecule has 24 heavy (non-hydrogen) atoms. The summed E-state index contributed by atoms with van der Waals surface area (Å²) >= 11 is 0. The predicted octanol–water partition coefficient (Wildman–Crippen LogP) is 2.49. The van der Waals surface area contributed by atoms with Crippen molar-refractivity contribution in [2.24, 2.45) is 0 Å². The maximum atomic E-state index is 13.2. The number of pyridine rings is 1. The Balaban J connectivity index is 0.00000104. The quantitative estimate of drug-likeness (QED) is 0.866. The zero-order valence-electron chi connectivity index (χ0n) is 13.8. The fourth-order valence-electron chi connectivity index (χ4n) is 4.20. The number of halogens is 2. The number of carbonyl (C=O) groups is 1. The van der Waals surface area contributed by atoms with Gasteiger partial charge in [0.05, 0.1) is 5.56 Å². The lowest BCUT2D eigenvalue weighted by molar-refractivity contribution is 0.0680. The molecule has 2 bridgehead atoms. The molecule has 5 nitrogen and oxygen atoms in total. The molecule has 2 unspecified atom stereocenters. The fourth-order valence-corrected chi connectivity index (χ4v) is 4.20. The first-order chi connectivity index (χ1) is 10.8. The van der Waals surface area contributed by atoms with Gasteiger partial charge in [0, 0.05) is 37.9 Å². The van der Waals surface area contributed by atoms with Crippen LogP contribution >= 0.6 is 24.8 Å². The minimum atomic E-state index is 0. The highest BCUT2D eigenvalue weighted by atomic mass is 35.5. The van der Waals surface area contributed by atoms with E-state index in [9.17, 15) is 4.79 Å². The molecule has 3 saturated heterocycles. The lowest BCUT2D eigenvalue weighted by atomic mass is 10.1. The van der Waals surface area contributed by atoms with Crippen LogP contribution < -0.4 is 10.2 Å². The molecule has 1 aromatic rings. The van der Waals surface area contributed by atoms with E-state index in [1.807, 2.05) is 18.3 Å². The van der Waals surface area contributed by atoms with Crippen molar-refractivity contribution < 1.29 is 4.79 Å². The monoisotopic (exact) mass is 372 g/mol. The molecule has 0 saturated carbocycles. The van der Waals surface area contributed by atoms with E-state index in [4.69, 9.17) is 0 Å². The molecular formula is C17H26Cl2N4O. The SMILES string of the molecule is Cl.Cl.O=C(c1cccnc1N1CCCC1)N1C2CCNCC1CC2. The number of nitrogens with one attached hydrogen (secondary N) is 1. The van der Waals surface area contributed by atoms with E-state index in [0.717, 1.165) is 56.8 Å². The number of nitrogens with zero attached hydrogens (tertiary/aromatic N) is 3. The first kappa shape index (κ1) is 19.3. The van der Waals surface area contributed by atoms with E-state index >= 15 is 0 Å². The van der Waals surface area contributed by atoms with Crippen molar-refractivity contribution in [2.45, 2.75) is 44.2 Å². The molecule has 4 heterocycles. The van der Waals surface area contributed by atoms with Crippen molar-refractivity contribution in [3.05, 3.63) is 23.9 Å². The van der Waals surface area contributed by atoms with E-state index in [1.54, 1.807) is 0 Å². The van der Waals surface area contributed by atoms with Crippen molar-refractivity contribution in [1.82, 2.24) is 15.2 Å². The van der Waals surface area contributed by atoms with Gasteiger partial charge < -0.3 is 15.1 Å². The second-order valence-corrected chi connectivity index (χ2v) is 6.66. The Morgan fingerprint density at radius 2 is 1.88 bits per heavy atom. The normalized spacial score (nSPS) is 25.7. The van der Waals surface area contributed by atoms with Crippen LogP contribution in [-0.2, 0) is 0 Å². The summed E-state index contributed by atoms with van der Waals surface area (Å²) in [5.41, 5.74) is 0.795. The fraction of sp³-hybridized carbons (Fsp3) is 0.647. The van der Waals surface area contributed by atoms with E-state index in [2.05, 4.69) is 20.1 Å². The third-order valence-corrected chi connectivity index (χ3v) is 5.31. The highest BCUT2D eigenvalue weighted by molar-refractivity contribution is 5.99. The Morgan fingerprint density at radius 3 is 2.67 bits per heavy atom. The highest BCUT2D eigenvalue weighted by Gasteiger charge is 2.39. The van der Waals surface area contributed by atoms with Gasteiger partial charge >= 0.3 is 0 Å². The molecule has 1 aromatic heterocycles. The standard InChI is InChI=1S/C17H24N4O.2ClH/c22-17(21-13-5-6-14(21)12-18-9-7-13)15-4-3-8-19-16(15)20-10-1-2-11-20;;/h3-4,8,13-14,18H,1-2,5-7,9-12H2;2*1H. The van der Waals surface area contributed by atoms with Crippen LogP contribution in [0.25, 0.3) is 0 Å². The number of hydrogen-bond acceptors (Lipinski definition) is 4. The summed E-state index contributed by atoms with van der Waals surface area (Å²) in [5, 5.41) is 3.46. The van der Waals surface area contributed by atoms with Crippen molar-refractivity contribution in [1.29, 1.82) is 0 Å². The molecule has 4 rings (SSSR count). The highest BCUT2D eigenvalue weighted by Crippen LogP contribution is 2.32. The summed E-state index contributed by atoms with van der Waals surface area (Å²) < 4.78 is 0. The molecule has 3 fully saturated rings. The second kappa shape index (κ2) is 8.37. The minimum absolute atomic E-state index is 0. The van der Waals surface area contributed by atoms with Crippen molar-refractivity contribution in [3.8, 4) is 0 Å². The van der Waals surface area contributed by atoms with Gasteiger partial charge in [-0.25, -0.2) is 4.98 Å². The van der Waals surface area contributed by atoms with Gasteiger partial charge in [-0.2, -0.15) is 0 Å². The third kappa shape index (κ3) is 3.48. The molecule has 0 aromatic carbocycles. The van der Waals surface area contributed by atoms with Crippen LogP contribution in [-0.4, -0.2) is 54.1 Å². The van der Waals surface area contributed by atoms with Crippen molar-refractivity contribution in [3.63, 3.8) is 0 Å². The maximum absolute atomic E-state index is 13.2. The zero-order chi connectivity index (χ0) is 14.9. The van der Waals surface area contributed by atoms with E-state index in [-0.39, 0.29) is 30.7 Å². The largest absolute Gasteiger partial charge is 0.356 e. The number of anilines is 1. The molecular weight excluding hydrogens is 347 g/mol. The molecule has 3 aliphatic rings. The van der Waals surface area contributed by atoms with Crippen LogP contribution in [0.1, 0.15) is 42.5 Å². The Hall–Kier alpha value is -1.04. The van der Waals surface area contributed by atoms with Gasteiger partial charge in [-0.1, -0.05) is 0 Å². The number of amides is 1. The summed E-state index contributed by atoms with van der Waals surface area (Å²) in [6.45, 7) is 4.00. The van der Waals surface area contributed by atoms with E-state index in [1.165, 1.54) is 12.8 Å². The van der Waals surface area contributed by atoms with E-state index in [0.29, 0.717) is 12.1 Å². The van der Waals surface area contributed by atoms with Crippen molar-refractivity contribution >= 4 is 36.5 Å². The van der Waals surface area contributed by atoms with E-state index < -0.39 is 0 Å². The average molecular weight is 373 g/mol. The van der Waals surface area contributed by atoms with Crippen LogP contribution in [0.15, 0.2) is 18.3 Å². The Bertz CT molecular complexity index is 551. The van der Waals surface area contributed by atoms with Gasteiger partial charge in [0.25, 0.3) is 5.91 Å². The summed E-state index contributed by atoms with van der Waals surface area (Å²) in [4.78, 5) is 22.2. The Labute approximate surface area is 156 Å². The average Bonchev–Trinajstić information content (AvgIpc) is 3.14. The third-order valence-electron chi connectivity index (χ3n) is 5.31. The second-order valence-electron chi connectivity index (χ2n) is 6.66. The molecule has 134 valence electrons.